The lowest BCUT2D eigenvalue weighted by atomic mass is 9.85. The number of carbonyl (C=O) groups excluding carboxylic acids is 2. The lowest BCUT2D eigenvalue weighted by molar-refractivity contribution is -0.122. The van der Waals surface area contributed by atoms with Crippen LogP contribution in [-0.2, 0) is 20.9 Å². The molecule has 2 rings (SSSR count). The second-order valence-electron chi connectivity index (χ2n) is 5.76. The molecule has 24 heavy (non-hydrogen) atoms. The Hall–Kier alpha value is -1.63. The summed E-state index contributed by atoms with van der Waals surface area (Å²) >= 11 is 0. The van der Waals surface area contributed by atoms with Gasteiger partial charge in [0.1, 0.15) is 0 Å². The third kappa shape index (κ3) is 6.86. The summed E-state index contributed by atoms with van der Waals surface area (Å²) in [4.78, 5) is 23.6. The molecule has 0 saturated heterocycles. The molecular formula is C17H26ClN3O3. The second kappa shape index (κ2) is 11.0. The molecule has 0 unspecified atom stereocenters. The molecule has 6 nitrogen and oxygen atoms in total. The molecule has 1 aromatic carbocycles. The average molecular weight is 356 g/mol. The maximum Gasteiger partial charge on any atom is 0.234 e. The number of amides is 2. The molecule has 0 spiro atoms. The minimum absolute atomic E-state index is 0. The third-order valence-corrected chi connectivity index (χ3v) is 3.93. The van der Waals surface area contributed by atoms with E-state index in [0.29, 0.717) is 19.7 Å². The Morgan fingerprint density at radius 1 is 1.29 bits per heavy atom. The molecule has 1 aromatic rings. The van der Waals surface area contributed by atoms with Crippen molar-refractivity contribution in [1.29, 1.82) is 0 Å². The van der Waals surface area contributed by atoms with Gasteiger partial charge in [-0.3, -0.25) is 9.59 Å². The summed E-state index contributed by atoms with van der Waals surface area (Å²) in [5, 5.41) is 8.78. The van der Waals surface area contributed by atoms with Crippen LogP contribution >= 0.6 is 12.4 Å². The number of ether oxygens (including phenoxy) is 1. The van der Waals surface area contributed by atoms with Crippen LogP contribution in [0.25, 0.3) is 0 Å². The van der Waals surface area contributed by atoms with Crippen LogP contribution in [0.15, 0.2) is 24.3 Å². The average Bonchev–Trinajstić information content (AvgIpc) is 2.48. The Morgan fingerprint density at radius 2 is 2.08 bits per heavy atom. The lowest BCUT2D eigenvalue weighted by Gasteiger charge is -2.24. The zero-order chi connectivity index (χ0) is 16.5. The summed E-state index contributed by atoms with van der Waals surface area (Å²) in [5.41, 5.74) is 1.74. The first-order valence-electron chi connectivity index (χ1n) is 8.05. The Morgan fingerprint density at radius 3 is 2.75 bits per heavy atom. The Kier molecular flexibility index (Phi) is 9.37. The van der Waals surface area contributed by atoms with E-state index in [1.807, 2.05) is 24.3 Å². The predicted octanol–water partition coefficient (Wildman–Crippen LogP) is 1.70. The highest BCUT2D eigenvalue weighted by Crippen LogP contribution is 2.27. The van der Waals surface area contributed by atoms with Crippen molar-refractivity contribution in [3.05, 3.63) is 29.8 Å². The fourth-order valence-electron chi connectivity index (χ4n) is 2.31. The zero-order valence-electron chi connectivity index (χ0n) is 14.0. The van der Waals surface area contributed by atoms with Crippen molar-refractivity contribution in [2.45, 2.75) is 25.8 Å². The number of hydrogen-bond acceptors (Lipinski definition) is 4. The van der Waals surface area contributed by atoms with E-state index in [0.717, 1.165) is 30.5 Å². The Bertz CT molecular complexity index is 536. The minimum Gasteiger partial charge on any atom is -0.383 e. The molecule has 7 heteroatoms. The van der Waals surface area contributed by atoms with E-state index in [1.165, 1.54) is 0 Å². The number of nitrogens with one attached hydrogen (secondary N) is 3. The zero-order valence-corrected chi connectivity index (χ0v) is 14.8. The van der Waals surface area contributed by atoms with E-state index in [9.17, 15) is 9.59 Å². The largest absolute Gasteiger partial charge is 0.383 e. The summed E-state index contributed by atoms with van der Waals surface area (Å²) in [6.45, 7) is 1.93. The van der Waals surface area contributed by atoms with Crippen LogP contribution < -0.4 is 16.0 Å². The first-order chi connectivity index (χ1) is 11.2. The quantitative estimate of drug-likeness (QED) is 0.589. The Labute approximate surface area is 149 Å². The van der Waals surface area contributed by atoms with Crippen molar-refractivity contribution in [3.63, 3.8) is 0 Å². The molecule has 0 aromatic heterocycles. The van der Waals surface area contributed by atoms with Gasteiger partial charge < -0.3 is 20.7 Å². The number of rotatable bonds is 9. The standard InChI is InChI=1S/C17H25N3O3.ClH/c1-23-9-8-18-12-16(21)19-11-13-4-2-7-15(10-13)20-17(22)14-5-3-6-14;/h2,4,7,10,14,18H,3,5-6,8-9,11-12H2,1H3,(H,19,21)(H,20,22);1H. The summed E-state index contributed by atoms with van der Waals surface area (Å²) in [6, 6.07) is 7.58. The summed E-state index contributed by atoms with van der Waals surface area (Å²) in [7, 11) is 1.62. The number of benzene rings is 1. The van der Waals surface area contributed by atoms with Crippen molar-refractivity contribution in [2.24, 2.45) is 5.92 Å². The number of methoxy groups -OCH3 is 1. The van der Waals surface area contributed by atoms with Gasteiger partial charge in [0, 0.05) is 31.8 Å². The van der Waals surface area contributed by atoms with Crippen LogP contribution in [0.2, 0.25) is 0 Å². The highest BCUT2D eigenvalue weighted by atomic mass is 35.5. The maximum atomic E-state index is 11.9. The van der Waals surface area contributed by atoms with Gasteiger partial charge >= 0.3 is 0 Å². The highest BCUT2D eigenvalue weighted by Gasteiger charge is 2.25. The van der Waals surface area contributed by atoms with Crippen LogP contribution in [-0.4, -0.2) is 38.6 Å². The molecule has 3 N–H and O–H groups in total. The predicted molar refractivity (Wildman–Crippen MR) is 96.3 cm³/mol. The summed E-state index contributed by atoms with van der Waals surface area (Å²) in [5.74, 6) is 0.196. The van der Waals surface area contributed by atoms with E-state index >= 15 is 0 Å². The molecule has 2 amide bonds. The van der Waals surface area contributed by atoms with Gasteiger partial charge in [-0.25, -0.2) is 0 Å². The molecule has 134 valence electrons. The molecule has 1 saturated carbocycles. The number of anilines is 1. The monoisotopic (exact) mass is 355 g/mol. The lowest BCUT2D eigenvalue weighted by Crippen LogP contribution is -2.34. The van der Waals surface area contributed by atoms with Gasteiger partial charge in [0.25, 0.3) is 0 Å². The second-order valence-corrected chi connectivity index (χ2v) is 5.76. The number of hydrogen-bond donors (Lipinski definition) is 3. The Balaban J connectivity index is 0.00000288. The van der Waals surface area contributed by atoms with Gasteiger partial charge in [0.2, 0.25) is 11.8 Å². The van der Waals surface area contributed by atoms with E-state index in [-0.39, 0.29) is 36.7 Å². The summed E-state index contributed by atoms with van der Waals surface area (Å²) in [6.07, 6.45) is 3.11. The normalized spacial score (nSPS) is 13.5. The fourth-order valence-corrected chi connectivity index (χ4v) is 2.31. The maximum absolute atomic E-state index is 11.9. The molecule has 1 aliphatic carbocycles. The minimum atomic E-state index is -0.0648. The molecule has 1 aliphatic rings. The number of halogens is 1. The number of carbonyl (C=O) groups is 2. The molecule has 0 radical (unpaired) electrons. The van der Waals surface area contributed by atoms with Crippen molar-refractivity contribution in [1.82, 2.24) is 10.6 Å². The van der Waals surface area contributed by atoms with Gasteiger partial charge in [-0.05, 0) is 30.5 Å². The van der Waals surface area contributed by atoms with Crippen molar-refractivity contribution in [2.75, 3.05) is 32.1 Å². The topological polar surface area (TPSA) is 79.5 Å². The van der Waals surface area contributed by atoms with Crippen molar-refractivity contribution >= 4 is 29.9 Å². The van der Waals surface area contributed by atoms with Crippen molar-refractivity contribution in [3.8, 4) is 0 Å². The van der Waals surface area contributed by atoms with Crippen LogP contribution in [0, 0.1) is 5.92 Å². The van der Waals surface area contributed by atoms with Gasteiger partial charge in [-0.15, -0.1) is 12.4 Å². The van der Waals surface area contributed by atoms with Crippen LogP contribution in [0.3, 0.4) is 0 Å². The van der Waals surface area contributed by atoms with E-state index < -0.39 is 0 Å². The molecular weight excluding hydrogens is 330 g/mol. The van der Waals surface area contributed by atoms with E-state index in [4.69, 9.17) is 4.74 Å². The molecule has 0 aliphatic heterocycles. The molecule has 0 bridgehead atoms. The van der Waals surface area contributed by atoms with Gasteiger partial charge in [0.05, 0.1) is 13.2 Å². The fraction of sp³-hybridized carbons (Fsp3) is 0.529. The molecule has 0 heterocycles. The first kappa shape index (κ1) is 20.4. The van der Waals surface area contributed by atoms with Crippen LogP contribution in [0.5, 0.6) is 0 Å². The summed E-state index contributed by atoms with van der Waals surface area (Å²) < 4.78 is 4.90. The van der Waals surface area contributed by atoms with Gasteiger partial charge in [-0.1, -0.05) is 18.6 Å². The van der Waals surface area contributed by atoms with Crippen LogP contribution in [0.1, 0.15) is 24.8 Å². The van der Waals surface area contributed by atoms with E-state index in [2.05, 4.69) is 16.0 Å². The van der Waals surface area contributed by atoms with Crippen molar-refractivity contribution < 1.29 is 14.3 Å². The SMILES string of the molecule is COCCNCC(=O)NCc1cccc(NC(=O)C2CCC2)c1.Cl. The third-order valence-electron chi connectivity index (χ3n) is 3.93. The molecule has 1 fully saturated rings. The molecule has 0 atom stereocenters. The van der Waals surface area contributed by atoms with Gasteiger partial charge in [-0.2, -0.15) is 0 Å². The first-order valence-corrected chi connectivity index (χ1v) is 8.05. The smallest absolute Gasteiger partial charge is 0.234 e. The highest BCUT2D eigenvalue weighted by molar-refractivity contribution is 5.93. The van der Waals surface area contributed by atoms with Crippen LogP contribution in [0.4, 0.5) is 5.69 Å². The van der Waals surface area contributed by atoms with Gasteiger partial charge in [0.15, 0.2) is 0 Å². The van der Waals surface area contributed by atoms with E-state index in [1.54, 1.807) is 7.11 Å².